The van der Waals surface area contributed by atoms with Crippen molar-refractivity contribution in [3.8, 4) is 0 Å². The molecular formula is C13H22ORu. The number of rotatable bonds is 2. The molecule has 0 radical (unpaired) electrons. The molecule has 0 fully saturated rings. The van der Waals surface area contributed by atoms with Gasteiger partial charge in [0.2, 0.25) is 0 Å². The van der Waals surface area contributed by atoms with Gasteiger partial charge < -0.3 is 4.79 Å². The summed E-state index contributed by atoms with van der Waals surface area (Å²) in [6.07, 6.45) is 7.71. The summed E-state index contributed by atoms with van der Waals surface area (Å²) in [5.74, 6) is 0. The molecule has 0 aromatic carbocycles. The SMILES string of the molecule is C=CC(C)=CC.C=CC(C)=CC.C=O.[Ru]. The fraction of sp³-hybridized carbons (Fsp3) is 0.308. The third-order valence-corrected chi connectivity index (χ3v) is 1.55. The van der Waals surface area contributed by atoms with Crippen molar-refractivity contribution < 1.29 is 24.3 Å². The fourth-order valence-electron chi connectivity index (χ4n) is 0.236. The molecule has 0 aliphatic rings. The van der Waals surface area contributed by atoms with Gasteiger partial charge in [-0.1, -0.05) is 48.6 Å². The maximum Gasteiger partial charge on any atom is 0.106 e. The van der Waals surface area contributed by atoms with Crippen molar-refractivity contribution in [1.82, 2.24) is 0 Å². The van der Waals surface area contributed by atoms with Crippen LogP contribution >= 0.6 is 0 Å². The van der Waals surface area contributed by atoms with E-state index in [1.807, 2.05) is 58.8 Å². The Bertz CT molecular complexity index is 181. The minimum atomic E-state index is 0. The molecule has 0 spiro atoms. The summed E-state index contributed by atoms with van der Waals surface area (Å²) in [7, 11) is 0. The van der Waals surface area contributed by atoms with Gasteiger partial charge in [0.25, 0.3) is 0 Å². The van der Waals surface area contributed by atoms with E-state index in [2.05, 4.69) is 13.2 Å². The maximum atomic E-state index is 8.00. The molecule has 0 saturated heterocycles. The third kappa shape index (κ3) is 31.9. The van der Waals surface area contributed by atoms with Crippen LogP contribution in [-0.4, -0.2) is 6.79 Å². The zero-order valence-electron chi connectivity index (χ0n) is 10.2. The molecule has 0 N–H and O–H groups in total. The number of carbonyl (C=O) groups is 1. The van der Waals surface area contributed by atoms with Gasteiger partial charge in [-0.05, 0) is 27.7 Å². The number of hydrogen-bond donors (Lipinski definition) is 0. The van der Waals surface area contributed by atoms with E-state index >= 15 is 0 Å². The molecule has 0 aliphatic carbocycles. The maximum absolute atomic E-state index is 8.00. The second kappa shape index (κ2) is 23.2. The van der Waals surface area contributed by atoms with Crippen LogP contribution in [0, 0.1) is 0 Å². The van der Waals surface area contributed by atoms with E-state index in [0.29, 0.717) is 0 Å². The van der Waals surface area contributed by atoms with E-state index < -0.39 is 0 Å². The van der Waals surface area contributed by atoms with Gasteiger partial charge in [0.15, 0.2) is 0 Å². The average Bonchev–Trinajstić information content (AvgIpc) is 2.30. The smallest absolute Gasteiger partial charge is 0.106 e. The fourth-order valence-corrected chi connectivity index (χ4v) is 0.236. The van der Waals surface area contributed by atoms with E-state index in [4.69, 9.17) is 4.79 Å². The van der Waals surface area contributed by atoms with E-state index in [1.165, 1.54) is 11.1 Å². The number of allylic oxidation sites excluding steroid dienone is 6. The van der Waals surface area contributed by atoms with Crippen molar-refractivity contribution in [2.45, 2.75) is 27.7 Å². The Morgan fingerprint density at radius 2 is 1.07 bits per heavy atom. The largest absolute Gasteiger partial charge is 0.307 e. The van der Waals surface area contributed by atoms with Crippen LogP contribution in [0.25, 0.3) is 0 Å². The molecule has 0 amide bonds. The summed E-state index contributed by atoms with van der Waals surface area (Å²) in [6.45, 7) is 17.2. The van der Waals surface area contributed by atoms with Gasteiger partial charge in [0.05, 0.1) is 0 Å². The topological polar surface area (TPSA) is 17.1 Å². The summed E-state index contributed by atoms with van der Waals surface area (Å²) in [5.41, 5.74) is 2.46. The average molecular weight is 295 g/mol. The van der Waals surface area contributed by atoms with Crippen LogP contribution in [0.5, 0.6) is 0 Å². The second-order valence-corrected chi connectivity index (χ2v) is 2.47. The standard InChI is InChI=1S/2C6H10.CH2O.Ru/c2*1-4-6(3)5-2;1-2;/h2*4-5H,1H2,2-3H3;1H2;. The first-order valence-electron chi connectivity index (χ1n) is 4.41. The first-order valence-corrected chi connectivity index (χ1v) is 4.41. The van der Waals surface area contributed by atoms with Crippen LogP contribution in [0.2, 0.25) is 0 Å². The van der Waals surface area contributed by atoms with Crippen LogP contribution in [-0.2, 0) is 24.3 Å². The second-order valence-electron chi connectivity index (χ2n) is 2.47. The molecular weight excluding hydrogens is 273 g/mol. The molecule has 0 atom stereocenters. The normalized spacial score (nSPS) is 9.33. The summed E-state index contributed by atoms with van der Waals surface area (Å²) in [6, 6.07) is 0. The Labute approximate surface area is 107 Å². The van der Waals surface area contributed by atoms with Crippen LogP contribution in [0.3, 0.4) is 0 Å². The molecule has 0 aliphatic heterocycles. The zero-order valence-corrected chi connectivity index (χ0v) is 11.9. The van der Waals surface area contributed by atoms with Crippen molar-refractivity contribution in [3.05, 3.63) is 48.6 Å². The van der Waals surface area contributed by atoms with Crippen molar-refractivity contribution in [2.75, 3.05) is 0 Å². The Balaban J connectivity index is -0.0000000653. The molecule has 0 saturated carbocycles. The van der Waals surface area contributed by atoms with Gasteiger partial charge in [-0.25, -0.2) is 0 Å². The third-order valence-electron chi connectivity index (χ3n) is 1.55. The van der Waals surface area contributed by atoms with Gasteiger partial charge >= 0.3 is 0 Å². The van der Waals surface area contributed by atoms with Crippen LogP contribution in [0.4, 0.5) is 0 Å². The van der Waals surface area contributed by atoms with Crippen molar-refractivity contribution in [3.63, 3.8) is 0 Å². The summed E-state index contributed by atoms with van der Waals surface area (Å²) in [4.78, 5) is 8.00. The molecule has 15 heavy (non-hydrogen) atoms. The molecule has 0 aromatic rings. The van der Waals surface area contributed by atoms with Crippen molar-refractivity contribution >= 4 is 6.79 Å². The van der Waals surface area contributed by atoms with Crippen LogP contribution in [0.1, 0.15) is 27.7 Å². The Morgan fingerprint density at radius 3 is 1.07 bits per heavy atom. The monoisotopic (exact) mass is 296 g/mol. The summed E-state index contributed by atoms with van der Waals surface area (Å²) in [5, 5.41) is 0. The van der Waals surface area contributed by atoms with Crippen LogP contribution < -0.4 is 0 Å². The van der Waals surface area contributed by atoms with Gasteiger partial charge in [0, 0.05) is 19.5 Å². The van der Waals surface area contributed by atoms with Crippen molar-refractivity contribution in [1.29, 1.82) is 0 Å². The Morgan fingerprint density at radius 1 is 0.867 bits per heavy atom. The first-order chi connectivity index (χ1) is 6.62. The Kier molecular flexibility index (Phi) is 36.9. The van der Waals surface area contributed by atoms with Gasteiger partial charge in [-0.3, -0.25) is 0 Å². The summed E-state index contributed by atoms with van der Waals surface area (Å²) >= 11 is 0. The predicted octanol–water partition coefficient (Wildman–Crippen LogP) is 4.09. The quantitative estimate of drug-likeness (QED) is 0.554. The van der Waals surface area contributed by atoms with Gasteiger partial charge in [0.1, 0.15) is 6.79 Å². The van der Waals surface area contributed by atoms with E-state index in [-0.39, 0.29) is 19.5 Å². The van der Waals surface area contributed by atoms with Gasteiger partial charge in [-0.15, -0.1) is 0 Å². The van der Waals surface area contributed by atoms with E-state index in [0.717, 1.165) is 0 Å². The van der Waals surface area contributed by atoms with E-state index in [9.17, 15) is 0 Å². The molecule has 0 aromatic heterocycles. The van der Waals surface area contributed by atoms with Crippen LogP contribution in [0.15, 0.2) is 48.6 Å². The first kappa shape index (κ1) is 23.8. The molecule has 1 nitrogen and oxygen atoms in total. The predicted molar refractivity (Wildman–Crippen MR) is 66.4 cm³/mol. The molecule has 2 heteroatoms. The zero-order chi connectivity index (χ0) is 12.0. The molecule has 0 unspecified atom stereocenters. The summed E-state index contributed by atoms with van der Waals surface area (Å²) < 4.78 is 0. The molecule has 88 valence electrons. The minimum Gasteiger partial charge on any atom is -0.307 e. The molecule has 0 heterocycles. The molecule has 0 bridgehead atoms. The number of carbonyl (C=O) groups excluding carboxylic acids is 1. The minimum absolute atomic E-state index is 0. The van der Waals surface area contributed by atoms with Gasteiger partial charge in [-0.2, -0.15) is 0 Å². The molecule has 0 rings (SSSR count). The Hall–Kier alpha value is -0.747. The number of hydrogen-bond acceptors (Lipinski definition) is 1. The van der Waals surface area contributed by atoms with E-state index in [1.54, 1.807) is 0 Å². The van der Waals surface area contributed by atoms with Crippen molar-refractivity contribution in [2.24, 2.45) is 0 Å².